The number of halogens is 4. The molecule has 0 saturated heterocycles. The molecular weight excluding hydrogens is 290 g/mol. The van der Waals surface area contributed by atoms with Crippen molar-refractivity contribution in [3.8, 4) is 0 Å². The Hall–Kier alpha value is 1.37. The second-order valence-electron chi connectivity index (χ2n) is 2.91. The van der Waals surface area contributed by atoms with Crippen LogP contribution in [0, 0.1) is 0 Å². The number of carbonyl (C=O) groups excluding carboxylic acids is 1. The molecule has 0 unspecified atom stereocenters. The SMILES string of the molecule is C[C](C)(CC(=O)Cl)[Ge]([Cl])([Cl])[Cl]. The molecule has 0 radical (unpaired) electrons. The van der Waals surface area contributed by atoms with E-state index in [-0.39, 0.29) is 6.42 Å². The van der Waals surface area contributed by atoms with Gasteiger partial charge in [0.05, 0.1) is 0 Å². The Morgan fingerprint density at radius 1 is 1.36 bits per heavy atom. The molecule has 0 aromatic rings. The van der Waals surface area contributed by atoms with E-state index >= 15 is 0 Å². The molecule has 0 aromatic carbocycles. The Morgan fingerprint density at radius 2 is 1.73 bits per heavy atom. The third-order valence-corrected chi connectivity index (χ3v) is 13.0. The van der Waals surface area contributed by atoms with Crippen LogP contribution in [0.1, 0.15) is 20.3 Å². The standard InChI is InChI=1S/C5H8Cl4GeO/c1-5(2,3-4(6)11)10(7,8)9/h3H2,1-2H3. The molecule has 0 aliphatic carbocycles. The molecule has 0 heterocycles. The maximum absolute atomic E-state index is 10.5. The van der Waals surface area contributed by atoms with Crippen LogP contribution in [0.5, 0.6) is 0 Å². The fourth-order valence-corrected chi connectivity index (χ4v) is 2.82. The maximum atomic E-state index is 10.5. The third-order valence-electron chi connectivity index (χ3n) is 1.35. The molecule has 0 bridgehead atoms. The van der Waals surface area contributed by atoms with Crippen LogP contribution in [0.3, 0.4) is 0 Å². The van der Waals surface area contributed by atoms with Crippen molar-refractivity contribution in [2.75, 3.05) is 0 Å². The summed E-state index contributed by atoms with van der Waals surface area (Å²) in [4.78, 5) is 10.5. The minimum absolute atomic E-state index is 0.130. The summed E-state index contributed by atoms with van der Waals surface area (Å²) < 4.78 is -0.538. The normalized spacial score (nSPS) is 13.3. The Kier molecular flexibility index (Phi) is 4.56. The van der Waals surface area contributed by atoms with Gasteiger partial charge in [0.1, 0.15) is 0 Å². The number of hydrogen-bond acceptors (Lipinski definition) is 1. The molecule has 0 spiro atoms. The van der Waals surface area contributed by atoms with E-state index < -0.39 is 20.0 Å². The van der Waals surface area contributed by atoms with E-state index in [1.54, 1.807) is 13.8 Å². The van der Waals surface area contributed by atoms with Crippen molar-refractivity contribution in [2.24, 2.45) is 0 Å². The number of rotatable bonds is 3. The van der Waals surface area contributed by atoms with Gasteiger partial charge in [-0.1, -0.05) is 0 Å². The average molecular weight is 299 g/mol. The molecule has 0 rings (SSSR count). The van der Waals surface area contributed by atoms with Gasteiger partial charge in [0.25, 0.3) is 0 Å². The zero-order chi connectivity index (χ0) is 9.28. The molecule has 0 N–H and O–H groups in total. The summed E-state index contributed by atoms with van der Waals surface area (Å²) in [6.07, 6.45) is 0.130. The Bertz CT molecular complexity index is 162. The van der Waals surface area contributed by atoms with Crippen LogP contribution in [-0.4, -0.2) is 15.7 Å². The summed E-state index contributed by atoms with van der Waals surface area (Å²) in [6.45, 7) is 3.50. The van der Waals surface area contributed by atoms with E-state index in [4.69, 9.17) is 41.6 Å². The molecule has 0 saturated carbocycles. The van der Waals surface area contributed by atoms with Crippen LogP contribution >= 0.6 is 41.6 Å². The van der Waals surface area contributed by atoms with Gasteiger partial charge in [-0.15, -0.1) is 0 Å². The van der Waals surface area contributed by atoms with Crippen LogP contribution in [0.4, 0.5) is 0 Å². The van der Waals surface area contributed by atoms with E-state index in [1.165, 1.54) is 0 Å². The first-order valence-corrected chi connectivity index (χ1v) is 12.6. The van der Waals surface area contributed by atoms with Crippen molar-refractivity contribution in [1.82, 2.24) is 0 Å². The van der Waals surface area contributed by atoms with E-state index in [9.17, 15) is 4.79 Å². The van der Waals surface area contributed by atoms with Crippen molar-refractivity contribution in [3.05, 3.63) is 0 Å². The summed E-state index contributed by atoms with van der Waals surface area (Å²) in [6, 6.07) is 0. The van der Waals surface area contributed by atoms with Gasteiger partial charge in [-0.05, 0) is 0 Å². The summed E-state index contributed by atoms with van der Waals surface area (Å²) >= 11 is 5.18. The van der Waals surface area contributed by atoms with Crippen LogP contribution in [0.2, 0.25) is 4.25 Å². The third kappa shape index (κ3) is 4.23. The molecule has 0 fully saturated rings. The Labute approximate surface area is 86.2 Å². The summed E-state index contributed by atoms with van der Waals surface area (Å²) in [5.41, 5.74) is 0. The predicted molar refractivity (Wildman–Crippen MR) is 52.8 cm³/mol. The first-order valence-electron chi connectivity index (χ1n) is 2.92. The Balaban J connectivity index is 4.34. The first-order chi connectivity index (χ1) is 4.67. The Morgan fingerprint density at radius 3 is 1.82 bits per heavy atom. The topological polar surface area (TPSA) is 17.1 Å². The molecular formula is C5H8Cl4GeO. The first kappa shape index (κ1) is 12.4. The zero-order valence-electron chi connectivity index (χ0n) is 6.13. The molecule has 0 aliphatic heterocycles. The van der Waals surface area contributed by atoms with Crippen LogP contribution in [-0.2, 0) is 4.79 Å². The van der Waals surface area contributed by atoms with Crippen LogP contribution < -0.4 is 0 Å². The summed E-state index contributed by atoms with van der Waals surface area (Å²) in [5.74, 6) is 0. The van der Waals surface area contributed by atoms with Gasteiger partial charge in [-0.25, -0.2) is 0 Å². The summed E-state index contributed by atoms with van der Waals surface area (Å²) in [5, 5.41) is -0.452. The number of carbonyl (C=O) groups is 1. The molecule has 11 heavy (non-hydrogen) atoms. The quantitative estimate of drug-likeness (QED) is 0.575. The van der Waals surface area contributed by atoms with Crippen LogP contribution in [0.25, 0.3) is 0 Å². The fourth-order valence-electron chi connectivity index (χ4n) is 0.448. The average Bonchev–Trinajstić information content (AvgIpc) is 1.56. The van der Waals surface area contributed by atoms with E-state index in [2.05, 4.69) is 0 Å². The molecule has 6 heteroatoms. The number of hydrogen-bond donors (Lipinski definition) is 0. The van der Waals surface area contributed by atoms with Crippen molar-refractivity contribution in [2.45, 2.75) is 24.5 Å². The summed E-state index contributed by atoms with van der Waals surface area (Å²) in [7, 11) is 14.0. The second-order valence-corrected chi connectivity index (χ2v) is 20.1. The zero-order valence-corrected chi connectivity index (χ0v) is 11.2. The van der Waals surface area contributed by atoms with Crippen molar-refractivity contribution in [1.29, 1.82) is 0 Å². The van der Waals surface area contributed by atoms with Gasteiger partial charge >= 0.3 is 86.7 Å². The van der Waals surface area contributed by atoms with Crippen molar-refractivity contribution >= 4 is 57.4 Å². The molecule has 1 nitrogen and oxygen atoms in total. The monoisotopic (exact) mass is 298 g/mol. The molecule has 0 atom stereocenters. The van der Waals surface area contributed by atoms with Gasteiger partial charge < -0.3 is 0 Å². The van der Waals surface area contributed by atoms with Crippen LogP contribution in [0.15, 0.2) is 0 Å². The van der Waals surface area contributed by atoms with Gasteiger partial charge in [0.15, 0.2) is 0 Å². The van der Waals surface area contributed by atoms with Crippen molar-refractivity contribution < 1.29 is 4.79 Å². The van der Waals surface area contributed by atoms with Gasteiger partial charge in [0, 0.05) is 0 Å². The van der Waals surface area contributed by atoms with E-state index in [0.29, 0.717) is 0 Å². The van der Waals surface area contributed by atoms with E-state index in [1.807, 2.05) is 0 Å². The van der Waals surface area contributed by atoms with Gasteiger partial charge in [-0.2, -0.15) is 0 Å². The van der Waals surface area contributed by atoms with Gasteiger partial charge in [-0.3, -0.25) is 0 Å². The fraction of sp³-hybridized carbons (Fsp3) is 0.800. The predicted octanol–water partition coefficient (Wildman–Crippen LogP) is 3.58. The molecule has 0 amide bonds. The minimum atomic E-state index is -3.32. The van der Waals surface area contributed by atoms with E-state index in [0.717, 1.165) is 0 Å². The molecule has 66 valence electrons. The van der Waals surface area contributed by atoms with Crippen molar-refractivity contribution in [3.63, 3.8) is 0 Å². The molecule has 0 aromatic heterocycles. The molecule has 0 aliphatic rings. The second kappa shape index (κ2) is 4.05. The van der Waals surface area contributed by atoms with Gasteiger partial charge in [0.2, 0.25) is 0 Å².